The molecule has 0 fully saturated rings. The number of alkyl halides is 1. The highest BCUT2D eigenvalue weighted by atomic mass is 79.9. The minimum atomic E-state index is 0.891. The highest BCUT2D eigenvalue weighted by Gasteiger charge is 1.94. The normalized spacial score (nSPS) is 10.4. The molecule has 0 bridgehead atoms. The van der Waals surface area contributed by atoms with Gasteiger partial charge < -0.3 is 4.57 Å². The number of hydrogen-bond donors (Lipinski definition) is 0. The lowest BCUT2D eigenvalue weighted by molar-refractivity contribution is 0.797. The van der Waals surface area contributed by atoms with Crippen molar-refractivity contribution in [1.82, 2.24) is 9.55 Å². The van der Waals surface area contributed by atoms with Crippen LogP contribution in [-0.2, 0) is 11.9 Å². The van der Waals surface area contributed by atoms with Gasteiger partial charge in [-0.25, -0.2) is 4.98 Å². The van der Waals surface area contributed by atoms with E-state index in [4.69, 9.17) is 0 Å². The summed E-state index contributed by atoms with van der Waals surface area (Å²) in [6.45, 7) is 0.891. The third kappa shape index (κ3) is 2.23. The van der Waals surface area contributed by atoms with Gasteiger partial charge in [-0.3, -0.25) is 0 Å². The maximum atomic E-state index is 4.01. The van der Waals surface area contributed by atoms with Crippen LogP contribution in [0.1, 0.15) is 11.1 Å². The first-order valence-electron chi connectivity index (χ1n) is 4.48. The SMILES string of the molecule is BrCc1ccc(Cn2ccnc2)cc1. The molecule has 14 heavy (non-hydrogen) atoms. The van der Waals surface area contributed by atoms with Gasteiger partial charge in [0, 0.05) is 24.3 Å². The van der Waals surface area contributed by atoms with Crippen molar-refractivity contribution >= 4 is 15.9 Å². The number of hydrogen-bond acceptors (Lipinski definition) is 1. The van der Waals surface area contributed by atoms with Gasteiger partial charge in [-0.05, 0) is 11.1 Å². The Bertz CT molecular complexity index is 378. The fourth-order valence-corrected chi connectivity index (χ4v) is 1.70. The van der Waals surface area contributed by atoms with Gasteiger partial charge in [0.05, 0.1) is 6.33 Å². The van der Waals surface area contributed by atoms with Crippen LogP contribution in [0.5, 0.6) is 0 Å². The predicted molar refractivity (Wildman–Crippen MR) is 60.4 cm³/mol. The molecule has 1 heterocycles. The average Bonchev–Trinajstić information content (AvgIpc) is 2.72. The van der Waals surface area contributed by atoms with Crippen molar-refractivity contribution < 1.29 is 0 Å². The summed E-state index contributed by atoms with van der Waals surface area (Å²) in [5.41, 5.74) is 2.60. The van der Waals surface area contributed by atoms with Crippen LogP contribution in [0.2, 0.25) is 0 Å². The van der Waals surface area contributed by atoms with Crippen molar-refractivity contribution in [3.63, 3.8) is 0 Å². The van der Waals surface area contributed by atoms with Gasteiger partial charge in [0.1, 0.15) is 0 Å². The molecule has 0 radical (unpaired) electrons. The zero-order valence-corrected chi connectivity index (χ0v) is 9.31. The van der Waals surface area contributed by atoms with E-state index < -0.39 is 0 Å². The number of rotatable bonds is 3. The van der Waals surface area contributed by atoms with E-state index >= 15 is 0 Å². The number of halogens is 1. The van der Waals surface area contributed by atoms with Crippen molar-refractivity contribution in [1.29, 1.82) is 0 Å². The molecule has 0 saturated carbocycles. The first-order chi connectivity index (χ1) is 6.88. The summed E-state index contributed by atoms with van der Waals surface area (Å²) in [4.78, 5) is 4.01. The minimum Gasteiger partial charge on any atom is -0.333 e. The smallest absolute Gasteiger partial charge is 0.0949 e. The standard InChI is InChI=1S/C11H11BrN2/c12-7-10-1-3-11(4-2-10)8-14-6-5-13-9-14/h1-6,9H,7-8H2. The summed E-state index contributed by atoms with van der Waals surface area (Å²) in [5, 5.41) is 0.915. The summed E-state index contributed by atoms with van der Waals surface area (Å²) < 4.78 is 2.06. The molecular formula is C11H11BrN2. The molecule has 0 amide bonds. The average molecular weight is 251 g/mol. The summed E-state index contributed by atoms with van der Waals surface area (Å²) >= 11 is 3.43. The van der Waals surface area contributed by atoms with E-state index in [2.05, 4.69) is 49.7 Å². The molecule has 0 aliphatic carbocycles. The fourth-order valence-electron chi connectivity index (χ4n) is 1.32. The second-order valence-electron chi connectivity index (χ2n) is 3.19. The summed E-state index contributed by atoms with van der Waals surface area (Å²) in [6.07, 6.45) is 5.60. The predicted octanol–water partition coefficient (Wildman–Crippen LogP) is 2.83. The Morgan fingerprint density at radius 1 is 1.14 bits per heavy atom. The van der Waals surface area contributed by atoms with Crippen LogP contribution in [0.15, 0.2) is 43.0 Å². The molecular weight excluding hydrogens is 240 g/mol. The fraction of sp³-hybridized carbons (Fsp3) is 0.182. The third-order valence-corrected chi connectivity index (χ3v) is 2.75. The van der Waals surface area contributed by atoms with Gasteiger partial charge in [0.2, 0.25) is 0 Å². The van der Waals surface area contributed by atoms with Gasteiger partial charge in [-0.15, -0.1) is 0 Å². The van der Waals surface area contributed by atoms with Crippen LogP contribution in [0.25, 0.3) is 0 Å². The summed E-state index contributed by atoms with van der Waals surface area (Å²) in [5.74, 6) is 0. The molecule has 72 valence electrons. The van der Waals surface area contributed by atoms with E-state index in [9.17, 15) is 0 Å². The Kier molecular flexibility index (Phi) is 2.99. The van der Waals surface area contributed by atoms with Crippen molar-refractivity contribution in [2.75, 3.05) is 0 Å². The first kappa shape index (κ1) is 9.46. The first-order valence-corrected chi connectivity index (χ1v) is 5.60. The second-order valence-corrected chi connectivity index (χ2v) is 3.75. The van der Waals surface area contributed by atoms with E-state index in [1.807, 2.05) is 12.5 Å². The molecule has 0 aliphatic heterocycles. The van der Waals surface area contributed by atoms with Gasteiger partial charge in [-0.1, -0.05) is 40.2 Å². The Morgan fingerprint density at radius 2 is 1.86 bits per heavy atom. The highest BCUT2D eigenvalue weighted by molar-refractivity contribution is 9.08. The van der Waals surface area contributed by atoms with Gasteiger partial charge in [0.15, 0.2) is 0 Å². The van der Waals surface area contributed by atoms with E-state index in [1.54, 1.807) is 6.20 Å². The minimum absolute atomic E-state index is 0.891. The molecule has 3 heteroatoms. The molecule has 0 aliphatic rings. The molecule has 2 rings (SSSR count). The summed E-state index contributed by atoms with van der Waals surface area (Å²) in [6, 6.07) is 8.58. The zero-order chi connectivity index (χ0) is 9.80. The third-order valence-electron chi connectivity index (χ3n) is 2.10. The maximum Gasteiger partial charge on any atom is 0.0949 e. The maximum absolute atomic E-state index is 4.01. The molecule has 1 aromatic heterocycles. The Labute approximate surface area is 91.7 Å². The lowest BCUT2D eigenvalue weighted by Gasteiger charge is -2.02. The van der Waals surface area contributed by atoms with Crippen molar-refractivity contribution in [3.8, 4) is 0 Å². The Hall–Kier alpha value is -1.09. The summed E-state index contributed by atoms with van der Waals surface area (Å²) in [7, 11) is 0. The van der Waals surface area contributed by atoms with E-state index in [0.717, 1.165) is 11.9 Å². The lowest BCUT2D eigenvalue weighted by Crippen LogP contribution is -1.95. The van der Waals surface area contributed by atoms with Crippen LogP contribution in [0, 0.1) is 0 Å². The number of aromatic nitrogens is 2. The van der Waals surface area contributed by atoms with Crippen molar-refractivity contribution in [2.24, 2.45) is 0 Å². The van der Waals surface area contributed by atoms with Crippen molar-refractivity contribution in [3.05, 3.63) is 54.1 Å². The topological polar surface area (TPSA) is 17.8 Å². The Balaban J connectivity index is 2.10. The number of imidazole rings is 1. The monoisotopic (exact) mass is 250 g/mol. The zero-order valence-electron chi connectivity index (χ0n) is 7.73. The molecule has 0 atom stereocenters. The van der Waals surface area contributed by atoms with E-state index in [0.29, 0.717) is 0 Å². The second kappa shape index (κ2) is 4.42. The van der Waals surface area contributed by atoms with Crippen molar-refractivity contribution in [2.45, 2.75) is 11.9 Å². The molecule has 0 saturated heterocycles. The van der Waals surface area contributed by atoms with E-state index in [1.165, 1.54) is 11.1 Å². The van der Waals surface area contributed by atoms with Gasteiger partial charge in [-0.2, -0.15) is 0 Å². The molecule has 2 aromatic rings. The number of benzene rings is 1. The van der Waals surface area contributed by atoms with Crippen LogP contribution >= 0.6 is 15.9 Å². The van der Waals surface area contributed by atoms with Gasteiger partial charge >= 0.3 is 0 Å². The van der Waals surface area contributed by atoms with E-state index in [-0.39, 0.29) is 0 Å². The van der Waals surface area contributed by atoms with Gasteiger partial charge in [0.25, 0.3) is 0 Å². The lowest BCUT2D eigenvalue weighted by atomic mass is 10.1. The molecule has 0 N–H and O–H groups in total. The number of nitrogens with zero attached hydrogens (tertiary/aromatic N) is 2. The van der Waals surface area contributed by atoms with Crippen LogP contribution in [0.4, 0.5) is 0 Å². The molecule has 0 spiro atoms. The molecule has 0 unspecified atom stereocenters. The Morgan fingerprint density at radius 3 is 2.43 bits per heavy atom. The van der Waals surface area contributed by atoms with Crippen LogP contribution in [-0.4, -0.2) is 9.55 Å². The largest absolute Gasteiger partial charge is 0.333 e. The highest BCUT2D eigenvalue weighted by Crippen LogP contribution is 2.08. The molecule has 1 aromatic carbocycles. The molecule has 2 nitrogen and oxygen atoms in total. The quantitative estimate of drug-likeness (QED) is 0.767. The van der Waals surface area contributed by atoms with Crippen LogP contribution in [0.3, 0.4) is 0 Å². The van der Waals surface area contributed by atoms with Crippen LogP contribution < -0.4 is 0 Å².